The SMILES string of the molecule is CN=C(NCc1ccc(Cn2ccnc2)cc1)N1CCC(C)C(n2ccnc2)C1. The van der Waals surface area contributed by atoms with Crippen LogP contribution < -0.4 is 5.32 Å². The molecule has 1 aliphatic heterocycles. The molecule has 0 saturated carbocycles. The Bertz CT molecular complexity index is 897. The molecule has 7 nitrogen and oxygen atoms in total. The lowest BCUT2D eigenvalue weighted by atomic mass is 9.93. The minimum absolute atomic E-state index is 0.423. The Morgan fingerprint density at radius 3 is 2.55 bits per heavy atom. The number of hydrogen-bond donors (Lipinski definition) is 1. The van der Waals surface area contributed by atoms with Crippen LogP contribution in [-0.4, -0.2) is 50.1 Å². The Morgan fingerprint density at radius 1 is 1.10 bits per heavy atom. The van der Waals surface area contributed by atoms with Crippen molar-refractivity contribution in [2.75, 3.05) is 20.1 Å². The number of benzene rings is 1. The zero-order valence-electron chi connectivity index (χ0n) is 17.1. The molecule has 0 bridgehead atoms. The molecule has 1 aliphatic rings. The molecule has 3 aromatic rings. The number of nitrogens with one attached hydrogen (secondary N) is 1. The Balaban J connectivity index is 1.34. The van der Waals surface area contributed by atoms with Gasteiger partial charge in [-0.2, -0.15) is 0 Å². The lowest BCUT2D eigenvalue weighted by Crippen LogP contribution is -2.48. The van der Waals surface area contributed by atoms with E-state index in [4.69, 9.17) is 0 Å². The Morgan fingerprint density at radius 2 is 1.86 bits per heavy atom. The minimum Gasteiger partial charge on any atom is -0.352 e. The van der Waals surface area contributed by atoms with Gasteiger partial charge >= 0.3 is 0 Å². The zero-order valence-corrected chi connectivity index (χ0v) is 17.1. The number of likely N-dealkylation sites (tertiary alicyclic amines) is 1. The van der Waals surface area contributed by atoms with E-state index in [-0.39, 0.29) is 0 Å². The smallest absolute Gasteiger partial charge is 0.193 e. The van der Waals surface area contributed by atoms with Crippen molar-refractivity contribution >= 4 is 5.96 Å². The van der Waals surface area contributed by atoms with Gasteiger partial charge < -0.3 is 19.4 Å². The molecular formula is C22H29N7. The number of guanidine groups is 1. The van der Waals surface area contributed by atoms with Gasteiger partial charge in [-0.1, -0.05) is 31.2 Å². The van der Waals surface area contributed by atoms with Crippen molar-refractivity contribution in [3.63, 3.8) is 0 Å². The lowest BCUT2D eigenvalue weighted by Gasteiger charge is -2.39. The molecule has 1 N–H and O–H groups in total. The summed E-state index contributed by atoms with van der Waals surface area (Å²) in [6, 6.07) is 9.14. The van der Waals surface area contributed by atoms with Gasteiger partial charge in [0.25, 0.3) is 0 Å². The molecule has 7 heteroatoms. The molecule has 3 heterocycles. The van der Waals surface area contributed by atoms with Crippen molar-refractivity contribution in [2.24, 2.45) is 10.9 Å². The second kappa shape index (κ2) is 8.94. The van der Waals surface area contributed by atoms with E-state index in [1.807, 2.05) is 38.3 Å². The largest absolute Gasteiger partial charge is 0.352 e. The van der Waals surface area contributed by atoms with Crippen molar-refractivity contribution in [3.8, 4) is 0 Å². The van der Waals surface area contributed by atoms with Crippen LogP contribution >= 0.6 is 0 Å². The number of piperidine rings is 1. The number of aliphatic imine (C=N–C) groups is 1. The number of rotatable bonds is 5. The Kier molecular flexibility index (Phi) is 5.93. The van der Waals surface area contributed by atoms with Crippen molar-refractivity contribution in [3.05, 3.63) is 72.8 Å². The first-order chi connectivity index (χ1) is 14.2. The molecule has 0 aliphatic carbocycles. The standard InChI is InChI=1S/C22H29N7/c1-18-7-10-28(15-21(18)29-12-9-25-17-29)22(23-2)26-13-19-3-5-20(6-4-19)14-27-11-8-24-16-27/h3-6,8-9,11-12,16-18,21H,7,10,13-15H2,1-2H3,(H,23,26). The fraction of sp³-hybridized carbons (Fsp3) is 0.409. The predicted octanol–water partition coefficient (Wildman–Crippen LogP) is 2.79. The lowest BCUT2D eigenvalue weighted by molar-refractivity contribution is 0.189. The summed E-state index contributed by atoms with van der Waals surface area (Å²) in [4.78, 5) is 15.2. The van der Waals surface area contributed by atoms with Gasteiger partial charge in [-0.05, 0) is 23.5 Å². The molecule has 4 rings (SSSR count). The van der Waals surface area contributed by atoms with E-state index >= 15 is 0 Å². The van der Waals surface area contributed by atoms with E-state index in [0.717, 1.165) is 38.6 Å². The number of imidazole rings is 2. The minimum atomic E-state index is 0.423. The highest BCUT2D eigenvalue weighted by Crippen LogP contribution is 2.27. The van der Waals surface area contributed by atoms with Crippen LogP contribution in [0.5, 0.6) is 0 Å². The summed E-state index contributed by atoms with van der Waals surface area (Å²) < 4.78 is 4.30. The highest BCUT2D eigenvalue weighted by molar-refractivity contribution is 5.80. The average molecular weight is 392 g/mol. The maximum absolute atomic E-state index is 4.53. The molecule has 1 saturated heterocycles. The fourth-order valence-corrected chi connectivity index (χ4v) is 3.96. The molecule has 152 valence electrons. The topological polar surface area (TPSA) is 63.3 Å². The third-order valence-electron chi connectivity index (χ3n) is 5.74. The van der Waals surface area contributed by atoms with Gasteiger partial charge in [-0.25, -0.2) is 9.97 Å². The van der Waals surface area contributed by atoms with Crippen molar-refractivity contribution in [1.82, 2.24) is 29.3 Å². The summed E-state index contributed by atoms with van der Waals surface area (Å²) in [6.07, 6.45) is 12.6. The molecule has 2 unspecified atom stereocenters. The van der Waals surface area contributed by atoms with Gasteiger partial charge in [0.2, 0.25) is 0 Å². The highest BCUT2D eigenvalue weighted by Gasteiger charge is 2.28. The summed E-state index contributed by atoms with van der Waals surface area (Å²) in [7, 11) is 1.86. The van der Waals surface area contributed by atoms with Crippen molar-refractivity contribution in [2.45, 2.75) is 32.5 Å². The first kappa shape index (κ1) is 19.2. The van der Waals surface area contributed by atoms with Crippen molar-refractivity contribution in [1.29, 1.82) is 0 Å². The number of aromatic nitrogens is 4. The van der Waals surface area contributed by atoms with E-state index < -0.39 is 0 Å². The quantitative estimate of drug-likeness (QED) is 0.537. The highest BCUT2D eigenvalue weighted by atomic mass is 15.3. The van der Waals surface area contributed by atoms with Gasteiger partial charge in [-0.15, -0.1) is 0 Å². The third kappa shape index (κ3) is 4.67. The van der Waals surface area contributed by atoms with Crippen LogP contribution in [0.3, 0.4) is 0 Å². The predicted molar refractivity (Wildman–Crippen MR) is 115 cm³/mol. The first-order valence-electron chi connectivity index (χ1n) is 10.2. The molecule has 29 heavy (non-hydrogen) atoms. The first-order valence-corrected chi connectivity index (χ1v) is 10.2. The Labute approximate surface area is 172 Å². The monoisotopic (exact) mass is 391 g/mol. The van der Waals surface area contributed by atoms with Gasteiger partial charge in [0.15, 0.2) is 5.96 Å². The van der Waals surface area contributed by atoms with Crippen LogP contribution in [0.15, 0.2) is 66.7 Å². The summed E-state index contributed by atoms with van der Waals surface area (Å²) in [5.41, 5.74) is 2.52. The summed E-state index contributed by atoms with van der Waals surface area (Å²) in [5, 5.41) is 3.54. The Hall–Kier alpha value is -3.09. The molecular weight excluding hydrogens is 362 g/mol. The van der Waals surface area contributed by atoms with Crippen LogP contribution in [-0.2, 0) is 13.1 Å². The molecule has 0 spiro atoms. The normalized spacial score (nSPS) is 20.1. The van der Waals surface area contributed by atoms with E-state index in [9.17, 15) is 0 Å². The van der Waals surface area contributed by atoms with E-state index in [1.165, 1.54) is 11.1 Å². The third-order valence-corrected chi connectivity index (χ3v) is 5.74. The molecule has 1 aromatic carbocycles. The average Bonchev–Trinajstić information content (AvgIpc) is 3.45. The van der Waals surface area contributed by atoms with Crippen LogP contribution in [0.4, 0.5) is 0 Å². The molecule has 1 fully saturated rings. The van der Waals surface area contributed by atoms with E-state index in [2.05, 4.69) is 71.7 Å². The second-order valence-electron chi connectivity index (χ2n) is 7.74. The number of nitrogens with zero attached hydrogens (tertiary/aromatic N) is 6. The van der Waals surface area contributed by atoms with Gasteiger partial charge in [0.1, 0.15) is 0 Å². The molecule has 0 radical (unpaired) electrons. The van der Waals surface area contributed by atoms with E-state index in [0.29, 0.717) is 12.0 Å². The van der Waals surface area contributed by atoms with Gasteiger partial charge in [0, 0.05) is 58.0 Å². The molecule has 2 aromatic heterocycles. The fourth-order valence-electron chi connectivity index (χ4n) is 3.96. The van der Waals surface area contributed by atoms with Crippen LogP contribution in [0.1, 0.15) is 30.5 Å². The van der Waals surface area contributed by atoms with Crippen LogP contribution in [0, 0.1) is 5.92 Å². The molecule has 2 atom stereocenters. The van der Waals surface area contributed by atoms with Gasteiger partial charge in [0.05, 0.1) is 18.7 Å². The zero-order chi connectivity index (χ0) is 20.1. The van der Waals surface area contributed by atoms with Crippen LogP contribution in [0.2, 0.25) is 0 Å². The summed E-state index contributed by atoms with van der Waals surface area (Å²) in [5.74, 6) is 1.59. The number of hydrogen-bond acceptors (Lipinski definition) is 3. The van der Waals surface area contributed by atoms with Crippen molar-refractivity contribution < 1.29 is 0 Å². The van der Waals surface area contributed by atoms with E-state index in [1.54, 1.807) is 0 Å². The maximum Gasteiger partial charge on any atom is 0.193 e. The van der Waals surface area contributed by atoms with Gasteiger partial charge in [-0.3, -0.25) is 4.99 Å². The summed E-state index contributed by atoms with van der Waals surface area (Å²) >= 11 is 0. The molecule has 0 amide bonds. The maximum atomic E-state index is 4.53. The van der Waals surface area contributed by atoms with Crippen LogP contribution in [0.25, 0.3) is 0 Å². The summed E-state index contributed by atoms with van der Waals surface area (Å²) in [6.45, 7) is 5.90. The second-order valence-corrected chi connectivity index (χ2v) is 7.74.